The normalized spacial score (nSPS) is 10.6. The molecule has 0 spiro atoms. The van der Waals surface area contributed by atoms with E-state index in [0.29, 0.717) is 38.3 Å². The largest absolute Gasteiger partial charge is 0.472 e. The highest BCUT2D eigenvalue weighted by Gasteiger charge is 2.16. The molecule has 0 saturated heterocycles. The number of carbonyl (C=O) groups is 2. The van der Waals surface area contributed by atoms with E-state index in [2.05, 4.69) is 15.8 Å². The zero-order valence-electron chi connectivity index (χ0n) is 14.5. The molecule has 0 saturated carbocycles. The number of furan rings is 1. The molecule has 2 aromatic carbocycles. The minimum Gasteiger partial charge on any atom is -0.472 e. The minimum absolute atomic E-state index is 0.302. The topological polar surface area (TPSA) is 84.2 Å². The lowest BCUT2D eigenvalue weighted by molar-refractivity contribution is 0.0847. The lowest BCUT2D eigenvalue weighted by Gasteiger charge is -2.11. The van der Waals surface area contributed by atoms with Crippen molar-refractivity contribution in [3.05, 3.63) is 89.3 Å². The van der Waals surface area contributed by atoms with E-state index in [1.54, 1.807) is 18.2 Å². The van der Waals surface area contributed by atoms with Crippen molar-refractivity contribution in [2.45, 2.75) is 0 Å². The Kier molecular flexibility index (Phi) is 4.78. The fraction of sp³-hybridized carbons (Fsp3) is 0. The first-order chi connectivity index (χ1) is 13.6. The average Bonchev–Trinajstić information content (AvgIpc) is 3.26. The zero-order valence-corrected chi connectivity index (χ0v) is 15.2. The van der Waals surface area contributed by atoms with Gasteiger partial charge in [-0.05, 0) is 24.3 Å². The van der Waals surface area contributed by atoms with Crippen LogP contribution < -0.4 is 10.9 Å². The lowest BCUT2D eigenvalue weighted by Crippen LogP contribution is -2.41. The molecule has 2 N–H and O–H groups in total. The van der Waals surface area contributed by atoms with Gasteiger partial charge in [-0.25, -0.2) is 4.98 Å². The van der Waals surface area contributed by atoms with Gasteiger partial charge < -0.3 is 4.42 Å². The van der Waals surface area contributed by atoms with Crippen molar-refractivity contribution in [2.75, 3.05) is 0 Å². The number of carbonyl (C=O) groups excluding carboxylic acids is 2. The van der Waals surface area contributed by atoms with Crippen molar-refractivity contribution in [3.8, 4) is 11.3 Å². The fourth-order valence-corrected chi connectivity index (χ4v) is 3.05. The molecule has 0 radical (unpaired) electrons. The summed E-state index contributed by atoms with van der Waals surface area (Å²) in [6.45, 7) is 0. The molecule has 2 heterocycles. The van der Waals surface area contributed by atoms with E-state index >= 15 is 0 Å². The van der Waals surface area contributed by atoms with Gasteiger partial charge in [-0.3, -0.25) is 20.4 Å². The van der Waals surface area contributed by atoms with Crippen LogP contribution in [0.4, 0.5) is 0 Å². The molecule has 0 aliphatic carbocycles. The van der Waals surface area contributed by atoms with Gasteiger partial charge in [0, 0.05) is 16.0 Å². The number of amides is 2. The van der Waals surface area contributed by atoms with E-state index in [1.165, 1.54) is 18.6 Å². The summed E-state index contributed by atoms with van der Waals surface area (Å²) >= 11 is 6.30. The molecule has 28 heavy (non-hydrogen) atoms. The Balaban J connectivity index is 1.70. The Morgan fingerprint density at radius 1 is 0.929 bits per heavy atom. The summed E-state index contributed by atoms with van der Waals surface area (Å²) in [5, 5.41) is 1.19. The summed E-state index contributed by atoms with van der Waals surface area (Å²) in [6, 6.07) is 17.7. The predicted molar refractivity (Wildman–Crippen MR) is 106 cm³/mol. The molecule has 2 aromatic heterocycles. The van der Waals surface area contributed by atoms with E-state index < -0.39 is 11.8 Å². The molecule has 138 valence electrons. The monoisotopic (exact) mass is 391 g/mol. The molecule has 0 fully saturated rings. The number of benzene rings is 2. The Hall–Kier alpha value is -3.64. The van der Waals surface area contributed by atoms with Crippen LogP contribution in [0.15, 0.2) is 77.6 Å². The van der Waals surface area contributed by atoms with Gasteiger partial charge in [-0.2, -0.15) is 0 Å². The number of fused-ring (bicyclic) bond motifs is 1. The van der Waals surface area contributed by atoms with Crippen LogP contribution in [0.2, 0.25) is 5.02 Å². The van der Waals surface area contributed by atoms with E-state index in [9.17, 15) is 9.59 Å². The van der Waals surface area contributed by atoms with E-state index in [4.69, 9.17) is 16.0 Å². The third-order valence-corrected chi connectivity index (χ3v) is 4.51. The summed E-state index contributed by atoms with van der Waals surface area (Å²) in [7, 11) is 0. The smallest absolute Gasteiger partial charge is 0.272 e. The number of hydrogen-bond acceptors (Lipinski definition) is 4. The van der Waals surface area contributed by atoms with Gasteiger partial charge in [0.05, 0.1) is 28.6 Å². The average molecular weight is 392 g/mol. The SMILES string of the molecule is O=C(NNC(=O)c1cc(-c2ccccc2Cl)nc2ccccc12)c1ccoc1. The van der Waals surface area contributed by atoms with Crippen molar-refractivity contribution >= 4 is 34.3 Å². The maximum absolute atomic E-state index is 12.8. The molecule has 2 amide bonds. The summed E-state index contributed by atoms with van der Waals surface area (Å²) in [5.41, 5.74) is 7.40. The molecular weight excluding hydrogens is 378 g/mol. The maximum atomic E-state index is 12.8. The number of hydrogen-bond donors (Lipinski definition) is 2. The summed E-state index contributed by atoms with van der Waals surface area (Å²) in [6.07, 6.45) is 2.67. The number of rotatable bonds is 3. The van der Waals surface area contributed by atoms with Crippen molar-refractivity contribution < 1.29 is 14.0 Å². The highest BCUT2D eigenvalue weighted by atomic mass is 35.5. The van der Waals surface area contributed by atoms with Crippen molar-refractivity contribution in [2.24, 2.45) is 0 Å². The molecule has 6 nitrogen and oxygen atoms in total. The van der Waals surface area contributed by atoms with Crippen molar-refractivity contribution in [1.29, 1.82) is 0 Å². The van der Waals surface area contributed by atoms with Gasteiger partial charge in [-0.15, -0.1) is 0 Å². The third-order valence-electron chi connectivity index (χ3n) is 4.18. The Bertz CT molecular complexity index is 1170. The van der Waals surface area contributed by atoms with Crippen molar-refractivity contribution in [1.82, 2.24) is 15.8 Å². The van der Waals surface area contributed by atoms with Crippen LogP contribution in [-0.4, -0.2) is 16.8 Å². The van der Waals surface area contributed by atoms with Gasteiger partial charge in [0.25, 0.3) is 11.8 Å². The molecule has 4 rings (SSSR count). The number of halogens is 1. The van der Waals surface area contributed by atoms with E-state index in [0.717, 1.165) is 0 Å². The number of nitrogens with zero attached hydrogens (tertiary/aromatic N) is 1. The Morgan fingerprint density at radius 2 is 1.68 bits per heavy atom. The lowest BCUT2D eigenvalue weighted by atomic mass is 10.0. The summed E-state index contributed by atoms with van der Waals surface area (Å²) in [5.74, 6) is -0.949. The standard InChI is InChI=1S/C21H14ClN3O3/c22-17-7-3-1-6-15(17)19-11-16(14-5-2-4-8-18(14)23-19)21(27)25-24-20(26)13-9-10-28-12-13/h1-12H,(H,24,26)(H,25,27). The second-order valence-corrected chi connectivity index (χ2v) is 6.38. The van der Waals surface area contributed by atoms with E-state index in [-0.39, 0.29) is 0 Å². The second kappa shape index (κ2) is 7.54. The Morgan fingerprint density at radius 3 is 2.46 bits per heavy atom. The number of hydrazine groups is 1. The highest BCUT2D eigenvalue weighted by molar-refractivity contribution is 6.33. The summed E-state index contributed by atoms with van der Waals surface area (Å²) < 4.78 is 4.87. The predicted octanol–water partition coefficient (Wildman–Crippen LogP) is 4.22. The van der Waals surface area contributed by atoms with Gasteiger partial charge >= 0.3 is 0 Å². The van der Waals surface area contributed by atoms with Crippen LogP contribution in [0.5, 0.6) is 0 Å². The fourth-order valence-electron chi connectivity index (χ4n) is 2.82. The Labute approximate surface area is 165 Å². The van der Waals surface area contributed by atoms with Crippen LogP contribution in [0.25, 0.3) is 22.2 Å². The molecule has 0 aliphatic rings. The molecule has 0 aliphatic heterocycles. The molecule has 0 atom stereocenters. The molecule has 0 bridgehead atoms. The molecule has 0 unspecified atom stereocenters. The highest BCUT2D eigenvalue weighted by Crippen LogP contribution is 2.29. The first-order valence-electron chi connectivity index (χ1n) is 8.41. The second-order valence-electron chi connectivity index (χ2n) is 5.97. The van der Waals surface area contributed by atoms with Gasteiger partial charge in [0.2, 0.25) is 0 Å². The molecule has 7 heteroatoms. The van der Waals surface area contributed by atoms with Crippen LogP contribution in [-0.2, 0) is 0 Å². The summed E-state index contributed by atoms with van der Waals surface area (Å²) in [4.78, 5) is 29.4. The third kappa shape index (κ3) is 3.45. The van der Waals surface area contributed by atoms with Gasteiger partial charge in [-0.1, -0.05) is 48.0 Å². The van der Waals surface area contributed by atoms with Crippen molar-refractivity contribution in [3.63, 3.8) is 0 Å². The first kappa shape index (κ1) is 17.8. The van der Waals surface area contributed by atoms with Crippen LogP contribution in [0.3, 0.4) is 0 Å². The number of pyridine rings is 1. The number of aromatic nitrogens is 1. The minimum atomic E-state index is -0.480. The number of nitrogens with one attached hydrogen (secondary N) is 2. The quantitative estimate of drug-likeness (QED) is 0.512. The zero-order chi connectivity index (χ0) is 19.5. The van der Waals surface area contributed by atoms with Gasteiger partial charge in [0.15, 0.2) is 0 Å². The van der Waals surface area contributed by atoms with Crippen LogP contribution in [0.1, 0.15) is 20.7 Å². The van der Waals surface area contributed by atoms with Gasteiger partial charge in [0.1, 0.15) is 6.26 Å². The molecular formula is C21H14ClN3O3. The van der Waals surface area contributed by atoms with E-state index in [1.807, 2.05) is 36.4 Å². The first-order valence-corrected chi connectivity index (χ1v) is 8.79. The van der Waals surface area contributed by atoms with Crippen LogP contribution >= 0.6 is 11.6 Å². The molecule has 4 aromatic rings. The number of para-hydroxylation sites is 1. The van der Waals surface area contributed by atoms with Crippen LogP contribution in [0, 0.1) is 0 Å². The maximum Gasteiger partial charge on any atom is 0.272 e.